The summed E-state index contributed by atoms with van der Waals surface area (Å²) in [4.78, 5) is 31.0. The first-order chi connectivity index (χ1) is 11.2. The van der Waals surface area contributed by atoms with Gasteiger partial charge in [0.05, 0.1) is 6.54 Å². The lowest BCUT2D eigenvalue weighted by atomic mass is 9.96. The maximum absolute atomic E-state index is 12.6. The third-order valence-electron chi connectivity index (χ3n) is 5.06. The van der Waals surface area contributed by atoms with Gasteiger partial charge < -0.3 is 15.1 Å². The molecule has 0 aliphatic carbocycles. The molecule has 140 valence electrons. The van der Waals surface area contributed by atoms with E-state index in [2.05, 4.69) is 10.2 Å². The molecule has 2 aliphatic rings. The molecule has 0 radical (unpaired) electrons. The fraction of sp³-hybridized carbons (Fsp3) is 0.882. The standard InChI is InChI=1S/C17H32N4O2.ClH/c1-3-20(4-2)16(22)14-19-10-5-11-21(13-12-19)17(23)15-6-8-18-9-7-15;/h15,18H,3-14H2,1-2H3;1H. The van der Waals surface area contributed by atoms with Gasteiger partial charge in [0, 0.05) is 45.2 Å². The summed E-state index contributed by atoms with van der Waals surface area (Å²) in [6, 6.07) is 0. The summed E-state index contributed by atoms with van der Waals surface area (Å²) in [7, 11) is 0. The van der Waals surface area contributed by atoms with Crippen LogP contribution in [-0.2, 0) is 9.59 Å². The zero-order valence-electron chi connectivity index (χ0n) is 15.1. The molecule has 2 saturated heterocycles. The summed E-state index contributed by atoms with van der Waals surface area (Å²) in [5.41, 5.74) is 0. The summed E-state index contributed by atoms with van der Waals surface area (Å²) >= 11 is 0. The lowest BCUT2D eigenvalue weighted by molar-refractivity contribution is -0.136. The molecule has 0 aromatic carbocycles. The molecule has 2 fully saturated rings. The molecular weight excluding hydrogens is 328 g/mol. The first kappa shape index (κ1) is 21.2. The van der Waals surface area contributed by atoms with Crippen LogP contribution in [0.4, 0.5) is 0 Å². The van der Waals surface area contributed by atoms with E-state index >= 15 is 0 Å². The van der Waals surface area contributed by atoms with E-state index in [0.29, 0.717) is 12.5 Å². The van der Waals surface area contributed by atoms with Gasteiger partial charge in [-0.3, -0.25) is 14.5 Å². The summed E-state index contributed by atoms with van der Waals surface area (Å²) in [5, 5.41) is 3.31. The average Bonchev–Trinajstić information content (AvgIpc) is 2.82. The molecule has 2 aliphatic heterocycles. The maximum atomic E-state index is 12.6. The molecule has 0 atom stereocenters. The van der Waals surface area contributed by atoms with Gasteiger partial charge in [0.25, 0.3) is 0 Å². The number of nitrogens with one attached hydrogen (secondary N) is 1. The van der Waals surface area contributed by atoms with Gasteiger partial charge in [0.1, 0.15) is 0 Å². The minimum absolute atomic E-state index is 0. The second kappa shape index (κ2) is 10.9. The number of hydrogen-bond donors (Lipinski definition) is 1. The van der Waals surface area contributed by atoms with Crippen molar-refractivity contribution in [1.82, 2.24) is 20.0 Å². The van der Waals surface area contributed by atoms with Crippen LogP contribution in [0.3, 0.4) is 0 Å². The molecule has 0 saturated carbocycles. The average molecular weight is 361 g/mol. The van der Waals surface area contributed by atoms with Crippen molar-refractivity contribution < 1.29 is 9.59 Å². The number of piperidine rings is 1. The zero-order chi connectivity index (χ0) is 16.7. The molecule has 7 heteroatoms. The van der Waals surface area contributed by atoms with Crippen molar-refractivity contribution in [2.24, 2.45) is 5.92 Å². The Kier molecular flexibility index (Phi) is 9.63. The van der Waals surface area contributed by atoms with Crippen molar-refractivity contribution in [2.45, 2.75) is 33.1 Å². The monoisotopic (exact) mass is 360 g/mol. The molecule has 0 aromatic rings. The van der Waals surface area contributed by atoms with Gasteiger partial charge in [0.2, 0.25) is 11.8 Å². The fourth-order valence-electron chi connectivity index (χ4n) is 3.54. The van der Waals surface area contributed by atoms with Gasteiger partial charge in [-0.15, -0.1) is 12.4 Å². The molecule has 0 spiro atoms. The lowest BCUT2D eigenvalue weighted by Crippen LogP contribution is -2.44. The van der Waals surface area contributed by atoms with Crippen molar-refractivity contribution in [3.63, 3.8) is 0 Å². The molecular formula is C17H33ClN4O2. The normalized spacial score (nSPS) is 20.2. The summed E-state index contributed by atoms with van der Waals surface area (Å²) in [5.74, 6) is 0.719. The Morgan fingerprint density at radius 3 is 2.33 bits per heavy atom. The molecule has 2 amide bonds. The van der Waals surface area contributed by atoms with E-state index in [-0.39, 0.29) is 24.2 Å². The second-order valence-electron chi connectivity index (χ2n) is 6.55. The van der Waals surface area contributed by atoms with Crippen LogP contribution in [0.5, 0.6) is 0 Å². The van der Waals surface area contributed by atoms with Gasteiger partial charge >= 0.3 is 0 Å². The number of likely N-dealkylation sites (N-methyl/N-ethyl adjacent to an activating group) is 1. The highest BCUT2D eigenvalue weighted by molar-refractivity contribution is 5.85. The van der Waals surface area contributed by atoms with Gasteiger partial charge in [0.15, 0.2) is 0 Å². The number of nitrogens with zero attached hydrogens (tertiary/aromatic N) is 3. The van der Waals surface area contributed by atoms with E-state index in [0.717, 1.165) is 71.6 Å². The van der Waals surface area contributed by atoms with Crippen LogP contribution in [0.15, 0.2) is 0 Å². The van der Waals surface area contributed by atoms with Crippen molar-refractivity contribution in [3.05, 3.63) is 0 Å². The number of carbonyl (C=O) groups excluding carboxylic acids is 2. The van der Waals surface area contributed by atoms with E-state index in [9.17, 15) is 9.59 Å². The summed E-state index contributed by atoms with van der Waals surface area (Å²) in [6.45, 7) is 11.3. The van der Waals surface area contributed by atoms with E-state index in [1.807, 2.05) is 23.6 Å². The summed E-state index contributed by atoms with van der Waals surface area (Å²) in [6.07, 6.45) is 2.88. The molecule has 2 heterocycles. The number of amides is 2. The van der Waals surface area contributed by atoms with Crippen LogP contribution in [-0.4, -0.2) is 85.4 Å². The Hall–Kier alpha value is -0.850. The van der Waals surface area contributed by atoms with Crippen LogP contribution >= 0.6 is 12.4 Å². The van der Waals surface area contributed by atoms with Crippen LogP contribution < -0.4 is 5.32 Å². The maximum Gasteiger partial charge on any atom is 0.236 e. The Morgan fingerprint density at radius 1 is 1.04 bits per heavy atom. The highest BCUT2D eigenvalue weighted by Gasteiger charge is 2.27. The minimum atomic E-state index is 0. The van der Waals surface area contributed by atoms with Crippen LogP contribution in [0.1, 0.15) is 33.1 Å². The molecule has 6 nitrogen and oxygen atoms in total. The van der Waals surface area contributed by atoms with Crippen molar-refractivity contribution in [2.75, 3.05) is 58.9 Å². The fourth-order valence-corrected chi connectivity index (χ4v) is 3.54. The predicted molar refractivity (Wildman–Crippen MR) is 98.4 cm³/mol. The minimum Gasteiger partial charge on any atom is -0.342 e. The zero-order valence-corrected chi connectivity index (χ0v) is 15.9. The molecule has 0 bridgehead atoms. The highest BCUT2D eigenvalue weighted by atomic mass is 35.5. The first-order valence-electron chi connectivity index (χ1n) is 9.15. The van der Waals surface area contributed by atoms with E-state index in [4.69, 9.17) is 0 Å². The predicted octanol–water partition coefficient (Wildman–Crippen LogP) is 0.811. The van der Waals surface area contributed by atoms with Crippen LogP contribution in [0, 0.1) is 5.92 Å². The Morgan fingerprint density at radius 2 is 1.71 bits per heavy atom. The molecule has 0 unspecified atom stereocenters. The van der Waals surface area contributed by atoms with Crippen LogP contribution in [0.25, 0.3) is 0 Å². The van der Waals surface area contributed by atoms with Crippen molar-refractivity contribution in [1.29, 1.82) is 0 Å². The number of carbonyl (C=O) groups is 2. The first-order valence-corrected chi connectivity index (χ1v) is 9.15. The Labute approximate surface area is 152 Å². The number of rotatable bonds is 5. The molecule has 24 heavy (non-hydrogen) atoms. The largest absolute Gasteiger partial charge is 0.342 e. The molecule has 2 rings (SSSR count). The number of halogens is 1. The van der Waals surface area contributed by atoms with Crippen LogP contribution in [0.2, 0.25) is 0 Å². The van der Waals surface area contributed by atoms with Crippen molar-refractivity contribution >= 4 is 24.2 Å². The SMILES string of the molecule is CCN(CC)C(=O)CN1CCCN(C(=O)C2CCNCC2)CC1.Cl. The van der Waals surface area contributed by atoms with E-state index < -0.39 is 0 Å². The van der Waals surface area contributed by atoms with E-state index in [1.165, 1.54) is 0 Å². The van der Waals surface area contributed by atoms with Gasteiger partial charge in [-0.2, -0.15) is 0 Å². The van der Waals surface area contributed by atoms with Gasteiger partial charge in [-0.25, -0.2) is 0 Å². The number of hydrogen-bond acceptors (Lipinski definition) is 4. The third kappa shape index (κ3) is 5.90. The lowest BCUT2D eigenvalue weighted by Gasteiger charge is -2.29. The Balaban J connectivity index is 0.00000288. The highest BCUT2D eigenvalue weighted by Crippen LogP contribution is 2.16. The summed E-state index contributed by atoms with van der Waals surface area (Å²) < 4.78 is 0. The van der Waals surface area contributed by atoms with Gasteiger partial charge in [-0.05, 0) is 46.2 Å². The van der Waals surface area contributed by atoms with Gasteiger partial charge in [-0.1, -0.05) is 0 Å². The molecule has 0 aromatic heterocycles. The van der Waals surface area contributed by atoms with Crippen molar-refractivity contribution in [3.8, 4) is 0 Å². The topological polar surface area (TPSA) is 55.9 Å². The third-order valence-corrected chi connectivity index (χ3v) is 5.06. The second-order valence-corrected chi connectivity index (χ2v) is 6.55. The quantitative estimate of drug-likeness (QED) is 0.788. The Bertz CT molecular complexity index is 398. The van der Waals surface area contributed by atoms with E-state index in [1.54, 1.807) is 0 Å². The smallest absolute Gasteiger partial charge is 0.236 e. The molecule has 1 N–H and O–H groups in total.